The van der Waals surface area contributed by atoms with Crippen molar-refractivity contribution >= 4 is 60.3 Å². The lowest BCUT2D eigenvalue weighted by atomic mass is 9.87. The molecule has 0 aliphatic heterocycles. The maximum atomic E-state index is 13.8. The van der Waals surface area contributed by atoms with Gasteiger partial charge in [0.2, 0.25) is 5.78 Å². The van der Waals surface area contributed by atoms with Crippen molar-refractivity contribution in [2.45, 2.75) is 18.8 Å². The van der Waals surface area contributed by atoms with Crippen LogP contribution in [0, 0.1) is 5.92 Å². The Bertz CT molecular complexity index is 2640. The van der Waals surface area contributed by atoms with E-state index >= 15 is 0 Å². The van der Waals surface area contributed by atoms with E-state index in [0.717, 1.165) is 38.4 Å². The number of H-pyrrole nitrogens is 3. The van der Waals surface area contributed by atoms with Gasteiger partial charge in [0.15, 0.2) is 0 Å². The lowest BCUT2D eigenvalue weighted by Gasteiger charge is -2.15. The van der Waals surface area contributed by atoms with Crippen LogP contribution in [0.5, 0.6) is 0 Å². The summed E-state index contributed by atoms with van der Waals surface area (Å²) in [6.45, 7) is 0. The van der Waals surface area contributed by atoms with Crippen LogP contribution in [0.3, 0.4) is 0 Å². The van der Waals surface area contributed by atoms with Crippen molar-refractivity contribution in [1.82, 2.24) is 24.5 Å². The lowest BCUT2D eigenvalue weighted by molar-refractivity contribution is 0.103. The van der Waals surface area contributed by atoms with Crippen LogP contribution in [-0.4, -0.2) is 30.3 Å². The number of ketones is 1. The number of aromatic nitrogens is 5. The Morgan fingerprint density at radius 1 is 0.717 bits per heavy atom. The fraction of sp³-hybridized carbons (Fsp3) is 0.100. The first-order chi connectivity index (χ1) is 22.7. The van der Waals surface area contributed by atoms with Crippen LogP contribution in [-0.2, 0) is 0 Å². The number of hydrogen-bond acceptors (Lipinski definition) is 2. The number of pyridine rings is 1. The number of carbonyl (C=O) groups is 1. The zero-order chi connectivity index (χ0) is 30.4. The maximum absolute atomic E-state index is 13.8. The summed E-state index contributed by atoms with van der Waals surface area (Å²) in [6, 6.07) is 33.8. The minimum atomic E-state index is -0.0979. The first kappa shape index (κ1) is 25.4. The van der Waals surface area contributed by atoms with Gasteiger partial charge in [0, 0.05) is 85.4 Å². The molecule has 9 aromatic rings. The lowest BCUT2D eigenvalue weighted by Crippen LogP contribution is -2.04. The molecule has 3 N–H and O–H groups in total. The van der Waals surface area contributed by atoms with E-state index in [1.807, 2.05) is 30.3 Å². The maximum Gasteiger partial charge on any atom is 0.215 e. The molecule has 220 valence electrons. The van der Waals surface area contributed by atoms with Crippen LogP contribution in [0.1, 0.15) is 45.9 Å². The third-order valence-corrected chi connectivity index (χ3v) is 9.96. The molecule has 1 atom stereocenters. The van der Waals surface area contributed by atoms with Crippen molar-refractivity contribution in [3.8, 4) is 5.69 Å². The molecular weight excluding hydrogens is 566 g/mol. The smallest absolute Gasteiger partial charge is 0.215 e. The Morgan fingerprint density at radius 3 is 2.30 bits per heavy atom. The van der Waals surface area contributed by atoms with Crippen molar-refractivity contribution in [3.05, 3.63) is 144 Å². The fourth-order valence-electron chi connectivity index (χ4n) is 7.64. The van der Waals surface area contributed by atoms with Gasteiger partial charge in [-0.3, -0.25) is 9.78 Å². The average molecular weight is 596 g/mol. The van der Waals surface area contributed by atoms with E-state index in [0.29, 0.717) is 23.1 Å². The van der Waals surface area contributed by atoms with Crippen molar-refractivity contribution in [1.29, 1.82) is 0 Å². The first-order valence-corrected chi connectivity index (χ1v) is 15.9. The van der Waals surface area contributed by atoms with Gasteiger partial charge in [-0.05, 0) is 72.4 Å². The van der Waals surface area contributed by atoms with Gasteiger partial charge in [0.05, 0.1) is 11.0 Å². The molecule has 4 aromatic carbocycles. The van der Waals surface area contributed by atoms with Crippen LogP contribution >= 0.6 is 0 Å². The molecule has 0 saturated heterocycles. The molecule has 1 aliphatic rings. The molecule has 0 spiro atoms. The molecular formula is C40H29N5O. The minimum Gasteiger partial charge on any atom is -0.361 e. The molecule has 1 aliphatic carbocycles. The zero-order valence-corrected chi connectivity index (χ0v) is 24.9. The Balaban J connectivity index is 1.12. The summed E-state index contributed by atoms with van der Waals surface area (Å²) < 4.78 is 2.34. The van der Waals surface area contributed by atoms with Crippen molar-refractivity contribution < 1.29 is 4.79 Å². The Hall–Kier alpha value is -5.88. The van der Waals surface area contributed by atoms with Gasteiger partial charge in [-0.25, -0.2) is 0 Å². The van der Waals surface area contributed by atoms with Crippen molar-refractivity contribution in [3.63, 3.8) is 0 Å². The molecule has 1 saturated carbocycles. The summed E-state index contributed by atoms with van der Waals surface area (Å²) in [5, 5.41) is 5.55. The van der Waals surface area contributed by atoms with Gasteiger partial charge in [0.25, 0.3) is 0 Å². The second-order valence-corrected chi connectivity index (χ2v) is 12.6. The van der Waals surface area contributed by atoms with Gasteiger partial charge in [-0.2, -0.15) is 0 Å². The standard InChI is InChI=1S/C40H29N5O/c46-40(31-21-43-34-11-5-2-8-26(31)34)39-38-28(17-18-41-39)29-19-24(15-16-35(29)44-38)45-22-32(27-9-3-6-12-36(27)45)37(23-13-14-23)30-20-42-33-10-4-1-7-25(30)33/h1-12,15-23,37,42-44H,13-14H2. The van der Waals surface area contributed by atoms with Gasteiger partial charge < -0.3 is 19.5 Å². The monoisotopic (exact) mass is 595 g/mol. The quantitative estimate of drug-likeness (QED) is 0.167. The molecule has 5 heterocycles. The summed E-state index contributed by atoms with van der Waals surface area (Å²) in [6.07, 6.45) is 10.6. The summed E-state index contributed by atoms with van der Waals surface area (Å²) in [5.41, 5.74) is 9.96. The van der Waals surface area contributed by atoms with Crippen LogP contribution in [0.4, 0.5) is 0 Å². The summed E-state index contributed by atoms with van der Waals surface area (Å²) in [4.78, 5) is 28.7. The summed E-state index contributed by atoms with van der Waals surface area (Å²) in [7, 11) is 0. The number of nitrogens with one attached hydrogen (secondary N) is 3. The molecule has 0 radical (unpaired) electrons. The predicted molar refractivity (Wildman–Crippen MR) is 185 cm³/mol. The predicted octanol–water partition coefficient (Wildman–Crippen LogP) is 9.40. The highest BCUT2D eigenvalue weighted by Gasteiger charge is 2.36. The number of para-hydroxylation sites is 3. The highest BCUT2D eigenvalue weighted by molar-refractivity contribution is 6.22. The summed E-state index contributed by atoms with van der Waals surface area (Å²) in [5.74, 6) is 0.859. The van der Waals surface area contributed by atoms with Gasteiger partial charge >= 0.3 is 0 Å². The van der Waals surface area contributed by atoms with Crippen LogP contribution in [0.25, 0.3) is 60.2 Å². The second kappa shape index (κ2) is 9.56. The van der Waals surface area contributed by atoms with E-state index in [1.54, 1.807) is 12.4 Å². The van der Waals surface area contributed by atoms with E-state index < -0.39 is 0 Å². The third kappa shape index (κ3) is 3.70. The molecule has 5 aromatic heterocycles. The Kier molecular flexibility index (Phi) is 5.29. The number of aromatic amines is 3. The van der Waals surface area contributed by atoms with Crippen LogP contribution in [0.2, 0.25) is 0 Å². The normalized spacial score (nSPS) is 14.3. The van der Waals surface area contributed by atoms with Gasteiger partial charge in [-0.15, -0.1) is 0 Å². The molecule has 6 nitrogen and oxygen atoms in total. The number of benzene rings is 4. The molecule has 10 rings (SSSR count). The van der Waals surface area contributed by atoms with Crippen molar-refractivity contribution in [2.24, 2.45) is 5.92 Å². The first-order valence-electron chi connectivity index (χ1n) is 15.9. The summed E-state index contributed by atoms with van der Waals surface area (Å²) >= 11 is 0. The second-order valence-electron chi connectivity index (χ2n) is 12.6. The highest BCUT2D eigenvalue weighted by atomic mass is 16.1. The third-order valence-electron chi connectivity index (χ3n) is 9.96. The minimum absolute atomic E-state index is 0.0979. The highest BCUT2D eigenvalue weighted by Crippen LogP contribution is 2.50. The van der Waals surface area contributed by atoms with E-state index in [4.69, 9.17) is 0 Å². The van der Waals surface area contributed by atoms with Gasteiger partial charge in [-0.1, -0.05) is 54.6 Å². The molecule has 0 bridgehead atoms. The van der Waals surface area contributed by atoms with E-state index in [9.17, 15) is 4.79 Å². The fourth-order valence-corrected chi connectivity index (χ4v) is 7.64. The number of carbonyl (C=O) groups excluding carboxylic acids is 1. The zero-order valence-electron chi connectivity index (χ0n) is 24.9. The number of hydrogen-bond donors (Lipinski definition) is 3. The SMILES string of the molecule is O=C(c1c[nH]c2ccccc12)c1nccc2c1[nH]c1ccc(-n3cc(C(c4c[nH]c5ccccc45)C4CC4)c4ccccc43)cc12. The Labute approximate surface area is 263 Å². The molecule has 1 unspecified atom stereocenters. The van der Waals surface area contributed by atoms with Crippen LogP contribution in [0.15, 0.2) is 122 Å². The van der Waals surface area contributed by atoms with Crippen LogP contribution < -0.4 is 0 Å². The molecule has 1 fully saturated rings. The number of nitrogens with zero attached hydrogens (tertiary/aromatic N) is 2. The number of rotatable bonds is 6. The van der Waals surface area contributed by atoms with Crippen molar-refractivity contribution in [2.75, 3.05) is 0 Å². The molecule has 46 heavy (non-hydrogen) atoms. The number of fused-ring (bicyclic) bond motifs is 6. The van der Waals surface area contributed by atoms with Gasteiger partial charge in [0.1, 0.15) is 5.69 Å². The molecule has 0 amide bonds. The molecule has 6 heteroatoms. The Morgan fingerprint density at radius 2 is 1.46 bits per heavy atom. The largest absolute Gasteiger partial charge is 0.361 e. The average Bonchev–Trinajstić information content (AvgIpc) is 3.41. The van der Waals surface area contributed by atoms with E-state index in [1.165, 1.54) is 45.8 Å². The van der Waals surface area contributed by atoms with E-state index in [2.05, 4.69) is 104 Å². The topological polar surface area (TPSA) is 82.3 Å². The van der Waals surface area contributed by atoms with E-state index in [-0.39, 0.29) is 5.78 Å².